The highest BCUT2D eigenvalue weighted by atomic mass is 35.5. The molecule has 2 unspecified atom stereocenters. The third-order valence-corrected chi connectivity index (χ3v) is 10.6. The van der Waals surface area contributed by atoms with Crippen LogP contribution in [0.3, 0.4) is 0 Å². The molecule has 2 fully saturated rings. The van der Waals surface area contributed by atoms with E-state index < -0.39 is 53.1 Å². The zero-order valence-corrected chi connectivity index (χ0v) is 26.0. The molecule has 1 aromatic carbocycles. The average molecular weight is 682 g/mol. The Morgan fingerprint density at radius 3 is 2.64 bits per heavy atom. The molecule has 1 aromatic heterocycles. The predicted molar refractivity (Wildman–Crippen MR) is 159 cm³/mol. The van der Waals surface area contributed by atoms with Crippen molar-refractivity contribution in [1.29, 1.82) is 0 Å². The van der Waals surface area contributed by atoms with Crippen molar-refractivity contribution in [3.05, 3.63) is 45.6 Å². The fourth-order valence-corrected chi connectivity index (χ4v) is 7.94. The number of hydrogen-bond donors (Lipinski definition) is 4. The van der Waals surface area contributed by atoms with E-state index in [1.54, 1.807) is 12.4 Å². The van der Waals surface area contributed by atoms with Gasteiger partial charge in [0.25, 0.3) is 5.91 Å². The van der Waals surface area contributed by atoms with E-state index in [4.69, 9.17) is 11.6 Å². The standard InChI is InChI=1S/C25H24ClN7O8S3/c1-2-31-5-6-32(21(38)20(31)37)24(41)29-15(11-3-4-14(34)13(26)7-11)18(35)28-16-19(36)33-17(23(39)40)12(8-42-22(16)33)9-43-25-30-27-10-44-25/h3-4,7,10,15-16,22,34H,2,5-6,8-9H2,1H3,(H,28,35)(H,29,41)(H,39,40)/t15?,16?,22-/m0/s1. The number of likely N-dealkylation sites (N-methyl/N-ethyl adjacent to an activating group) is 1. The fourth-order valence-electron chi connectivity index (χ4n) is 4.78. The van der Waals surface area contributed by atoms with Gasteiger partial charge in [0.15, 0.2) is 4.34 Å². The lowest BCUT2D eigenvalue weighted by Crippen LogP contribution is -2.71. The Morgan fingerprint density at radius 1 is 1.20 bits per heavy atom. The van der Waals surface area contributed by atoms with Gasteiger partial charge in [0.05, 0.1) is 5.02 Å². The van der Waals surface area contributed by atoms with Crippen molar-refractivity contribution < 1.29 is 39.0 Å². The van der Waals surface area contributed by atoms with Crippen molar-refractivity contribution in [3.8, 4) is 5.75 Å². The van der Waals surface area contributed by atoms with Gasteiger partial charge in [-0.2, -0.15) is 0 Å². The number of rotatable bonds is 9. The highest BCUT2D eigenvalue weighted by Gasteiger charge is 2.54. The van der Waals surface area contributed by atoms with Crippen LogP contribution in [0.2, 0.25) is 5.02 Å². The van der Waals surface area contributed by atoms with Crippen molar-refractivity contribution in [2.45, 2.75) is 28.7 Å². The third-order valence-electron chi connectivity index (χ3n) is 7.03. The minimum Gasteiger partial charge on any atom is -0.506 e. The first-order valence-corrected chi connectivity index (χ1v) is 16.3. The highest BCUT2D eigenvalue weighted by molar-refractivity contribution is 8.01. The van der Waals surface area contributed by atoms with Gasteiger partial charge in [-0.1, -0.05) is 40.8 Å². The first kappa shape index (κ1) is 31.6. The summed E-state index contributed by atoms with van der Waals surface area (Å²) in [6, 6.07) is 0.119. The molecule has 4 heterocycles. The molecule has 3 aliphatic rings. The maximum Gasteiger partial charge on any atom is 0.352 e. The Hall–Kier alpha value is -3.87. The number of β-lactam (4-membered cyclic amide) rings is 1. The number of halogens is 1. The van der Waals surface area contributed by atoms with E-state index in [-0.39, 0.29) is 53.2 Å². The molecule has 4 N–H and O–H groups in total. The van der Waals surface area contributed by atoms with E-state index in [1.807, 2.05) is 0 Å². The lowest BCUT2D eigenvalue weighted by molar-refractivity contribution is -0.153. The first-order chi connectivity index (χ1) is 21.0. The van der Waals surface area contributed by atoms with Crippen molar-refractivity contribution in [3.63, 3.8) is 0 Å². The molecule has 19 heteroatoms. The molecule has 0 radical (unpaired) electrons. The number of phenols is 1. The summed E-state index contributed by atoms with van der Waals surface area (Å²) < 4.78 is 0.648. The van der Waals surface area contributed by atoms with Gasteiger partial charge in [-0.15, -0.1) is 22.0 Å². The number of aromatic hydroxyl groups is 1. The van der Waals surface area contributed by atoms with Gasteiger partial charge in [0.1, 0.15) is 34.4 Å². The number of nitrogens with zero attached hydrogens (tertiary/aromatic N) is 5. The van der Waals surface area contributed by atoms with Gasteiger partial charge in [-0.25, -0.2) is 9.59 Å². The van der Waals surface area contributed by atoms with Crippen LogP contribution in [0.1, 0.15) is 18.5 Å². The van der Waals surface area contributed by atoms with Crippen molar-refractivity contribution in [2.75, 3.05) is 31.1 Å². The molecule has 15 nitrogen and oxygen atoms in total. The Balaban J connectivity index is 1.34. The van der Waals surface area contributed by atoms with Crippen molar-refractivity contribution in [2.24, 2.45) is 0 Å². The molecule has 3 aliphatic heterocycles. The molecule has 232 valence electrons. The lowest BCUT2D eigenvalue weighted by atomic mass is 10.0. The Labute approximate surface area is 267 Å². The summed E-state index contributed by atoms with van der Waals surface area (Å²) in [6.45, 7) is 1.99. The van der Waals surface area contributed by atoms with Crippen LogP contribution in [-0.2, 0) is 24.0 Å². The SMILES string of the molecule is CCN1CCN(C(=O)NC(C(=O)NC2C(=O)N3C(C(=O)O)=C(CSc4nncs4)CS[C@@H]23)c2ccc(O)c(Cl)c2)C(=O)C1=O. The van der Waals surface area contributed by atoms with Crippen LogP contribution < -0.4 is 10.6 Å². The summed E-state index contributed by atoms with van der Waals surface area (Å²) in [6.07, 6.45) is 0. The van der Waals surface area contributed by atoms with Crippen LogP contribution in [-0.4, -0.2) is 113 Å². The third kappa shape index (κ3) is 6.06. The van der Waals surface area contributed by atoms with Crippen LogP contribution in [0.5, 0.6) is 5.75 Å². The largest absolute Gasteiger partial charge is 0.506 e. The van der Waals surface area contributed by atoms with E-state index >= 15 is 0 Å². The van der Waals surface area contributed by atoms with E-state index in [9.17, 15) is 39.0 Å². The molecule has 0 spiro atoms. The molecule has 0 bridgehead atoms. The normalized spacial score (nSPS) is 20.7. The number of thioether (sulfide) groups is 2. The predicted octanol–water partition coefficient (Wildman–Crippen LogP) is 0.869. The Bertz CT molecular complexity index is 1570. The summed E-state index contributed by atoms with van der Waals surface area (Å²) in [5.74, 6) is -4.44. The van der Waals surface area contributed by atoms with E-state index in [1.165, 1.54) is 58.0 Å². The van der Waals surface area contributed by atoms with Gasteiger partial charge in [-0.05, 0) is 30.2 Å². The number of nitrogens with one attached hydrogen (secondary N) is 2. The second-order valence-electron chi connectivity index (χ2n) is 9.58. The van der Waals surface area contributed by atoms with Crippen LogP contribution in [0.15, 0.2) is 39.3 Å². The summed E-state index contributed by atoms with van der Waals surface area (Å²) >= 11 is 9.93. The number of amides is 6. The first-order valence-electron chi connectivity index (χ1n) is 13.0. The van der Waals surface area contributed by atoms with Crippen LogP contribution in [0.25, 0.3) is 0 Å². The molecule has 3 atom stereocenters. The van der Waals surface area contributed by atoms with E-state index in [0.717, 1.165) is 4.90 Å². The van der Waals surface area contributed by atoms with Crippen LogP contribution >= 0.6 is 46.5 Å². The van der Waals surface area contributed by atoms with E-state index in [2.05, 4.69) is 20.8 Å². The molecule has 0 aliphatic carbocycles. The smallest absolute Gasteiger partial charge is 0.352 e. The highest BCUT2D eigenvalue weighted by Crippen LogP contribution is 2.42. The number of hydrogen-bond acceptors (Lipinski definition) is 12. The van der Waals surface area contributed by atoms with Gasteiger partial charge in [0.2, 0.25) is 5.91 Å². The number of fused-ring (bicyclic) bond motifs is 1. The summed E-state index contributed by atoms with van der Waals surface area (Å²) in [5.41, 5.74) is 2.03. The number of piperazine rings is 1. The minimum absolute atomic E-state index is 0.103. The number of carboxylic acid groups (broad SMARTS) is 1. The number of benzene rings is 1. The number of carbonyl (C=O) groups excluding carboxylic acids is 5. The second-order valence-corrected chi connectivity index (χ2v) is 13.1. The number of phenolic OH excluding ortho intramolecular Hbond substituents is 1. The molecule has 0 saturated carbocycles. The zero-order chi connectivity index (χ0) is 31.7. The van der Waals surface area contributed by atoms with Crippen molar-refractivity contribution in [1.82, 2.24) is 35.5 Å². The monoisotopic (exact) mass is 681 g/mol. The summed E-state index contributed by atoms with van der Waals surface area (Å²) in [5, 5.41) is 31.7. The molecule has 5 rings (SSSR count). The molecular weight excluding hydrogens is 658 g/mol. The van der Waals surface area contributed by atoms with Gasteiger partial charge >= 0.3 is 23.8 Å². The van der Waals surface area contributed by atoms with Gasteiger partial charge in [0, 0.05) is 31.1 Å². The average Bonchev–Trinajstić information content (AvgIpc) is 3.53. The topological polar surface area (TPSA) is 202 Å². The van der Waals surface area contributed by atoms with Crippen molar-refractivity contribution >= 4 is 82.1 Å². The minimum atomic E-state index is -1.50. The maximum absolute atomic E-state index is 13.6. The van der Waals surface area contributed by atoms with Gasteiger partial charge in [-0.3, -0.25) is 29.0 Å². The quantitative estimate of drug-likeness (QED) is 0.165. The Kier molecular flexibility index (Phi) is 9.33. The summed E-state index contributed by atoms with van der Waals surface area (Å²) in [7, 11) is 0. The number of urea groups is 1. The number of aromatic nitrogens is 2. The summed E-state index contributed by atoms with van der Waals surface area (Å²) in [4.78, 5) is 80.2. The van der Waals surface area contributed by atoms with Crippen LogP contribution in [0.4, 0.5) is 4.79 Å². The number of aliphatic carboxylic acids is 1. The molecule has 44 heavy (non-hydrogen) atoms. The molecule has 2 saturated heterocycles. The molecule has 2 aromatic rings. The lowest BCUT2D eigenvalue weighted by Gasteiger charge is -2.49. The van der Waals surface area contributed by atoms with Gasteiger partial charge < -0.3 is 25.7 Å². The van der Waals surface area contributed by atoms with Crippen LogP contribution in [0, 0.1) is 0 Å². The van der Waals surface area contributed by atoms with E-state index in [0.29, 0.717) is 14.8 Å². The fraction of sp³-hybridized carbons (Fsp3) is 0.360. The molecule has 6 amide bonds. The maximum atomic E-state index is 13.6. The number of imide groups is 1. The molecular formula is C25H24ClN7O8S3. The number of carboxylic acids is 1. The zero-order valence-electron chi connectivity index (χ0n) is 22.8. The second kappa shape index (κ2) is 13.0. The Morgan fingerprint density at radius 2 is 1.98 bits per heavy atom. The number of carbonyl (C=O) groups is 6.